The molecule has 1 aliphatic heterocycles. The number of carbonyl (C=O) groups excluding carboxylic acids is 1. The van der Waals surface area contributed by atoms with Crippen molar-refractivity contribution >= 4 is 17.5 Å². The summed E-state index contributed by atoms with van der Waals surface area (Å²) in [7, 11) is 0. The highest BCUT2D eigenvalue weighted by Gasteiger charge is 2.19. The molecule has 2 unspecified atom stereocenters. The van der Waals surface area contributed by atoms with E-state index in [9.17, 15) is 4.79 Å². The molecule has 0 saturated carbocycles. The Kier molecular flexibility index (Phi) is 4.02. The van der Waals surface area contributed by atoms with Crippen molar-refractivity contribution in [1.82, 2.24) is 15.1 Å². The highest BCUT2D eigenvalue weighted by atomic mass is 35.5. The van der Waals surface area contributed by atoms with Gasteiger partial charge in [-0.05, 0) is 19.8 Å². The van der Waals surface area contributed by atoms with Gasteiger partial charge in [0.25, 0.3) is 0 Å². The SMILES string of the molecule is CC(C(=O)NCC1CCCO1)n1cc(Cl)cn1. The van der Waals surface area contributed by atoms with E-state index in [0.29, 0.717) is 11.6 Å². The summed E-state index contributed by atoms with van der Waals surface area (Å²) in [5.74, 6) is -0.0692. The lowest BCUT2D eigenvalue weighted by Gasteiger charge is -2.15. The molecular formula is C11H16ClN3O2. The number of rotatable bonds is 4. The van der Waals surface area contributed by atoms with Gasteiger partial charge in [0.05, 0.1) is 17.3 Å². The predicted octanol–water partition coefficient (Wildman–Crippen LogP) is 1.39. The summed E-state index contributed by atoms with van der Waals surface area (Å²) >= 11 is 5.75. The molecule has 1 fully saturated rings. The van der Waals surface area contributed by atoms with Crippen LogP contribution in [0.5, 0.6) is 0 Å². The zero-order valence-corrected chi connectivity index (χ0v) is 10.5. The van der Waals surface area contributed by atoms with Gasteiger partial charge in [0.2, 0.25) is 5.91 Å². The fourth-order valence-corrected chi connectivity index (χ4v) is 1.96. The third kappa shape index (κ3) is 3.20. The summed E-state index contributed by atoms with van der Waals surface area (Å²) in [4.78, 5) is 11.8. The van der Waals surface area contributed by atoms with E-state index in [1.807, 2.05) is 0 Å². The smallest absolute Gasteiger partial charge is 0.244 e. The third-order valence-electron chi connectivity index (χ3n) is 2.87. The normalized spacial score (nSPS) is 21.4. The third-order valence-corrected chi connectivity index (χ3v) is 3.07. The molecule has 0 aromatic carbocycles. The van der Waals surface area contributed by atoms with Crippen LogP contribution in [0.4, 0.5) is 0 Å². The van der Waals surface area contributed by atoms with Crippen molar-refractivity contribution in [1.29, 1.82) is 0 Å². The number of amides is 1. The fourth-order valence-electron chi connectivity index (χ4n) is 1.81. The summed E-state index contributed by atoms with van der Waals surface area (Å²) < 4.78 is 6.98. The van der Waals surface area contributed by atoms with E-state index in [0.717, 1.165) is 19.4 Å². The van der Waals surface area contributed by atoms with Crippen LogP contribution >= 0.6 is 11.6 Å². The van der Waals surface area contributed by atoms with Gasteiger partial charge in [0, 0.05) is 19.3 Å². The second-order valence-corrected chi connectivity index (χ2v) is 4.63. The molecule has 94 valence electrons. The molecule has 5 nitrogen and oxygen atoms in total. The first-order chi connectivity index (χ1) is 8.16. The van der Waals surface area contributed by atoms with Crippen LogP contribution in [0.25, 0.3) is 0 Å². The first kappa shape index (κ1) is 12.4. The lowest BCUT2D eigenvalue weighted by molar-refractivity contribution is -0.124. The van der Waals surface area contributed by atoms with Gasteiger partial charge in [-0.25, -0.2) is 0 Å². The molecule has 1 aliphatic rings. The van der Waals surface area contributed by atoms with Gasteiger partial charge in [0.15, 0.2) is 0 Å². The zero-order chi connectivity index (χ0) is 12.3. The molecule has 1 amide bonds. The van der Waals surface area contributed by atoms with Gasteiger partial charge in [-0.15, -0.1) is 0 Å². The number of halogens is 1. The number of hydrogen-bond acceptors (Lipinski definition) is 3. The molecule has 1 aromatic heterocycles. The van der Waals surface area contributed by atoms with Crippen LogP contribution < -0.4 is 5.32 Å². The van der Waals surface area contributed by atoms with Crippen LogP contribution in [-0.2, 0) is 9.53 Å². The van der Waals surface area contributed by atoms with Crippen molar-refractivity contribution in [2.45, 2.75) is 31.9 Å². The molecule has 1 N–H and O–H groups in total. The molecule has 0 bridgehead atoms. The number of hydrogen-bond donors (Lipinski definition) is 1. The molecular weight excluding hydrogens is 242 g/mol. The van der Waals surface area contributed by atoms with E-state index >= 15 is 0 Å². The minimum atomic E-state index is -0.357. The van der Waals surface area contributed by atoms with E-state index in [1.54, 1.807) is 17.8 Å². The molecule has 2 heterocycles. The van der Waals surface area contributed by atoms with Crippen LogP contribution in [0.1, 0.15) is 25.8 Å². The van der Waals surface area contributed by atoms with Crippen molar-refractivity contribution in [2.75, 3.05) is 13.2 Å². The van der Waals surface area contributed by atoms with Crippen LogP contribution in [0.3, 0.4) is 0 Å². The van der Waals surface area contributed by atoms with E-state index in [1.165, 1.54) is 6.20 Å². The number of aromatic nitrogens is 2. The quantitative estimate of drug-likeness (QED) is 0.887. The predicted molar refractivity (Wildman–Crippen MR) is 63.9 cm³/mol. The maximum Gasteiger partial charge on any atom is 0.244 e. The Balaban J connectivity index is 1.82. The topological polar surface area (TPSA) is 56.1 Å². The van der Waals surface area contributed by atoms with Crippen LogP contribution in [-0.4, -0.2) is 34.9 Å². The monoisotopic (exact) mass is 257 g/mol. The number of ether oxygens (including phenoxy) is 1. The Labute approximate surface area is 105 Å². The molecule has 6 heteroatoms. The van der Waals surface area contributed by atoms with E-state index in [2.05, 4.69) is 10.4 Å². The van der Waals surface area contributed by atoms with Crippen LogP contribution in [0.15, 0.2) is 12.4 Å². The Morgan fingerprint density at radius 3 is 3.24 bits per heavy atom. The van der Waals surface area contributed by atoms with Crippen LogP contribution in [0, 0.1) is 0 Å². The summed E-state index contributed by atoms with van der Waals surface area (Å²) in [5, 5.41) is 7.40. The van der Waals surface area contributed by atoms with E-state index < -0.39 is 0 Å². The number of nitrogens with one attached hydrogen (secondary N) is 1. The van der Waals surface area contributed by atoms with Crippen molar-refractivity contribution in [2.24, 2.45) is 0 Å². The Bertz CT molecular complexity index is 388. The van der Waals surface area contributed by atoms with Gasteiger partial charge in [-0.3, -0.25) is 9.48 Å². The summed E-state index contributed by atoms with van der Waals surface area (Å²) in [6, 6.07) is -0.357. The summed E-state index contributed by atoms with van der Waals surface area (Å²) in [6.45, 7) is 3.15. The van der Waals surface area contributed by atoms with Gasteiger partial charge >= 0.3 is 0 Å². The second kappa shape index (κ2) is 5.51. The van der Waals surface area contributed by atoms with Gasteiger partial charge in [0.1, 0.15) is 6.04 Å². The molecule has 1 aromatic rings. The first-order valence-corrected chi connectivity index (χ1v) is 6.13. The minimum absolute atomic E-state index is 0.0692. The molecule has 0 radical (unpaired) electrons. The Hall–Kier alpha value is -1.07. The molecule has 2 atom stereocenters. The molecule has 17 heavy (non-hydrogen) atoms. The fraction of sp³-hybridized carbons (Fsp3) is 0.636. The second-order valence-electron chi connectivity index (χ2n) is 4.19. The highest BCUT2D eigenvalue weighted by molar-refractivity contribution is 6.30. The van der Waals surface area contributed by atoms with E-state index in [4.69, 9.17) is 16.3 Å². The van der Waals surface area contributed by atoms with Crippen molar-refractivity contribution < 1.29 is 9.53 Å². The molecule has 0 spiro atoms. The van der Waals surface area contributed by atoms with Gasteiger partial charge in [-0.1, -0.05) is 11.6 Å². The molecule has 0 aliphatic carbocycles. The molecule has 1 saturated heterocycles. The Morgan fingerprint density at radius 2 is 2.65 bits per heavy atom. The summed E-state index contributed by atoms with van der Waals surface area (Å²) in [5.41, 5.74) is 0. The lowest BCUT2D eigenvalue weighted by atomic mass is 10.2. The minimum Gasteiger partial charge on any atom is -0.376 e. The van der Waals surface area contributed by atoms with Gasteiger partial charge < -0.3 is 10.1 Å². The number of nitrogens with zero attached hydrogens (tertiary/aromatic N) is 2. The van der Waals surface area contributed by atoms with E-state index in [-0.39, 0.29) is 18.1 Å². The van der Waals surface area contributed by atoms with Gasteiger partial charge in [-0.2, -0.15) is 5.10 Å². The van der Waals surface area contributed by atoms with Crippen molar-refractivity contribution in [3.8, 4) is 0 Å². The lowest BCUT2D eigenvalue weighted by Crippen LogP contribution is -2.36. The maximum atomic E-state index is 11.8. The highest BCUT2D eigenvalue weighted by Crippen LogP contribution is 2.12. The first-order valence-electron chi connectivity index (χ1n) is 5.76. The standard InChI is InChI=1S/C11H16ClN3O2/c1-8(15-7-9(12)5-14-15)11(16)13-6-10-3-2-4-17-10/h5,7-8,10H,2-4,6H2,1H3,(H,13,16). The number of carbonyl (C=O) groups is 1. The average molecular weight is 258 g/mol. The largest absolute Gasteiger partial charge is 0.376 e. The zero-order valence-electron chi connectivity index (χ0n) is 9.73. The summed E-state index contributed by atoms with van der Waals surface area (Å²) in [6.07, 6.45) is 5.41. The molecule has 2 rings (SSSR count). The van der Waals surface area contributed by atoms with Crippen LogP contribution in [0.2, 0.25) is 5.02 Å². The maximum absolute atomic E-state index is 11.8. The Morgan fingerprint density at radius 1 is 1.82 bits per heavy atom. The van der Waals surface area contributed by atoms with Crippen molar-refractivity contribution in [3.05, 3.63) is 17.4 Å². The average Bonchev–Trinajstić information content (AvgIpc) is 2.95. The van der Waals surface area contributed by atoms with Crippen molar-refractivity contribution in [3.63, 3.8) is 0 Å².